The van der Waals surface area contributed by atoms with Crippen molar-refractivity contribution in [1.82, 2.24) is 5.32 Å². The smallest absolute Gasteiger partial charge is 0.244 e. The summed E-state index contributed by atoms with van der Waals surface area (Å²) in [6, 6.07) is 7.70. The molecule has 17 heavy (non-hydrogen) atoms. The van der Waals surface area contributed by atoms with Crippen LogP contribution in [0.3, 0.4) is 0 Å². The van der Waals surface area contributed by atoms with Crippen molar-refractivity contribution in [3.05, 3.63) is 41.5 Å². The summed E-state index contributed by atoms with van der Waals surface area (Å²) in [6.45, 7) is 3.90. The predicted octanol–water partition coefficient (Wildman–Crippen LogP) is 1.90. The SMILES string of the molecule is CC[C@H](CO)NC(=O)/C=C/c1ccccc1C. The van der Waals surface area contributed by atoms with Crippen LogP contribution in [0.25, 0.3) is 6.08 Å². The third kappa shape index (κ3) is 4.41. The number of amides is 1. The largest absolute Gasteiger partial charge is 0.394 e. The summed E-state index contributed by atoms with van der Waals surface area (Å²) in [6.07, 6.45) is 4.01. The van der Waals surface area contributed by atoms with Crippen LogP contribution in [0, 0.1) is 6.92 Å². The Bertz CT molecular complexity index is 395. The molecular formula is C14H19NO2. The fraction of sp³-hybridized carbons (Fsp3) is 0.357. The van der Waals surface area contributed by atoms with Gasteiger partial charge < -0.3 is 10.4 Å². The summed E-state index contributed by atoms with van der Waals surface area (Å²) in [5, 5.41) is 11.7. The molecule has 0 bridgehead atoms. The monoisotopic (exact) mass is 233 g/mol. The molecule has 0 aliphatic rings. The highest BCUT2D eigenvalue weighted by atomic mass is 16.3. The van der Waals surface area contributed by atoms with Gasteiger partial charge in [0, 0.05) is 6.08 Å². The molecular weight excluding hydrogens is 214 g/mol. The summed E-state index contributed by atoms with van der Waals surface area (Å²) >= 11 is 0. The normalized spacial score (nSPS) is 12.6. The summed E-state index contributed by atoms with van der Waals surface area (Å²) in [5.74, 6) is -0.172. The zero-order valence-corrected chi connectivity index (χ0v) is 10.3. The first kappa shape index (κ1) is 13.5. The van der Waals surface area contributed by atoms with E-state index in [4.69, 9.17) is 5.11 Å². The highest BCUT2D eigenvalue weighted by Gasteiger charge is 2.05. The molecule has 1 atom stereocenters. The molecule has 0 aromatic heterocycles. The Balaban J connectivity index is 2.60. The van der Waals surface area contributed by atoms with Gasteiger partial charge in [-0.1, -0.05) is 31.2 Å². The van der Waals surface area contributed by atoms with E-state index in [2.05, 4.69) is 5.32 Å². The minimum absolute atomic E-state index is 0.0273. The average molecular weight is 233 g/mol. The van der Waals surface area contributed by atoms with Crippen molar-refractivity contribution < 1.29 is 9.90 Å². The second-order valence-electron chi connectivity index (χ2n) is 3.99. The van der Waals surface area contributed by atoms with Crippen LogP contribution < -0.4 is 5.32 Å². The molecule has 0 aliphatic carbocycles. The summed E-state index contributed by atoms with van der Waals surface area (Å²) in [4.78, 5) is 11.5. The predicted molar refractivity (Wildman–Crippen MR) is 69.5 cm³/mol. The molecule has 1 aromatic rings. The van der Waals surface area contributed by atoms with E-state index < -0.39 is 0 Å². The van der Waals surface area contributed by atoms with Gasteiger partial charge in [-0.05, 0) is 30.5 Å². The van der Waals surface area contributed by atoms with Gasteiger partial charge in [-0.25, -0.2) is 0 Å². The lowest BCUT2D eigenvalue weighted by Gasteiger charge is -2.11. The molecule has 1 amide bonds. The van der Waals surface area contributed by atoms with Gasteiger partial charge in [0.1, 0.15) is 0 Å². The topological polar surface area (TPSA) is 49.3 Å². The molecule has 1 aromatic carbocycles. The van der Waals surface area contributed by atoms with Gasteiger partial charge in [0.05, 0.1) is 12.6 Å². The minimum atomic E-state index is -0.172. The molecule has 0 aliphatic heterocycles. The van der Waals surface area contributed by atoms with Crippen molar-refractivity contribution in [3.8, 4) is 0 Å². The molecule has 92 valence electrons. The fourth-order valence-electron chi connectivity index (χ4n) is 1.47. The van der Waals surface area contributed by atoms with Gasteiger partial charge in [-0.3, -0.25) is 4.79 Å². The van der Waals surface area contributed by atoms with Crippen molar-refractivity contribution in [3.63, 3.8) is 0 Å². The highest BCUT2D eigenvalue weighted by molar-refractivity contribution is 5.92. The van der Waals surface area contributed by atoms with Gasteiger partial charge in [0.15, 0.2) is 0 Å². The second kappa shape index (κ2) is 6.86. The Labute approximate surface area is 102 Å². The maximum atomic E-state index is 11.5. The number of carbonyl (C=O) groups excluding carboxylic acids is 1. The Morgan fingerprint density at radius 1 is 1.47 bits per heavy atom. The second-order valence-corrected chi connectivity index (χ2v) is 3.99. The van der Waals surface area contributed by atoms with E-state index in [-0.39, 0.29) is 18.6 Å². The third-order valence-electron chi connectivity index (χ3n) is 2.66. The van der Waals surface area contributed by atoms with Crippen LogP contribution in [0.4, 0.5) is 0 Å². The van der Waals surface area contributed by atoms with E-state index in [1.807, 2.05) is 38.1 Å². The zero-order valence-electron chi connectivity index (χ0n) is 10.3. The van der Waals surface area contributed by atoms with E-state index in [0.717, 1.165) is 17.5 Å². The van der Waals surface area contributed by atoms with Gasteiger partial charge in [-0.15, -0.1) is 0 Å². The van der Waals surface area contributed by atoms with E-state index in [1.165, 1.54) is 6.08 Å². The van der Waals surface area contributed by atoms with Crippen molar-refractivity contribution >= 4 is 12.0 Å². The lowest BCUT2D eigenvalue weighted by atomic mass is 10.1. The first-order chi connectivity index (χ1) is 8.17. The lowest BCUT2D eigenvalue weighted by molar-refractivity contribution is -0.117. The van der Waals surface area contributed by atoms with Gasteiger partial charge in [0.2, 0.25) is 5.91 Å². The van der Waals surface area contributed by atoms with Crippen LogP contribution >= 0.6 is 0 Å². The van der Waals surface area contributed by atoms with Gasteiger partial charge >= 0.3 is 0 Å². The lowest BCUT2D eigenvalue weighted by Crippen LogP contribution is -2.35. The molecule has 3 heteroatoms. The Morgan fingerprint density at radius 2 is 2.18 bits per heavy atom. The van der Waals surface area contributed by atoms with Crippen molar-refractivity contribution in [2.45, 2.75) is 26.3 Å². The first-order valence-corrected chi connectivity index (χ1v) is 5.82. The maximum Gasteiger partial charge on any atom is 0.244 e. The van der Waals surface area contributed by atoms with Crippen molar-refractivity contribution in [2.24, 2.45) is 0 Å². The van der Waals surface area contributed by atoms with E-state index in [0.29, 0.717) is 0 Å². The minimum Gasteiger partial charge on any atom is -0.394 e. The summed E-state index contributed by atoms with van der Waals surface area (Å²) in [5.41, 5.74) is 2.16. The molecule has 0 saturated heterocycles. The molecule has 0 radical (unpaired) electrons. The summed E-state index contributed by atoms with van der Waals surface area (Å²) in [7, 11) is 0. The number of hydrogen-bond donors (Lipinski definition) is 2. The highest BCUT2D eigenvalue weighted by Crippen LogP contribution is 2.08. The number of aliphatic hydroxyl groups is 1. The van der Waals surface area contributed by atoms with Crippen LogP contribution in [-0.4, -0.2) is 23.7 Å². The van der Waals surface area contributed by atoms with E-state index >= 15 is 0 Å². The van der Waals surface area contributed by atoms with Crippen LogP contribution in [-0.2, 0) is 4.79 Å². The Morgan fingerprint density at radius 3 is 2.76 bits per heavy atom. The van der Waals surface area contributed by atoms with Crippen molar-refractivity contribution in [2.75, 3.05) is 6.61 Å². The van der Waals surface area contributed by atoms with Crippen molar-refractivity contribution in [1.29, 1.82) is 0 Å². The Kier molecular flexibility index (Phi) is 5.43. The van der Waals surface area contributed by atoms with Gasteiger partial charge in [-0.2, -0.15) is 0 Å². The number of aliphatic hydroxyl groups excluding tert-OH is 1. The number of hydrogen-bond acceptors (Lipinski definition) is 2. The molecule has 0 saturated carbocycles. The first-order valence-electron chi connectivity index (χ1n) is 5.82. The molecule has 2 N–H and O–H groups in total. The van der Waals surface area contributed by atoms with Gasteiger partial charge in [0.25, 0.3) is 0 Å². The van der Waals surface area contributed by atoms with E-state index in [1.54, 1.807) is 6.08 Å². The van der Waals surface area contributed by atoms with Crippen LogP contribution in [0.15, 0.2) is 30.3 Å². The fourth-order valence-corrected chi connectivity index (χ4v) is 1.47. The number of aryl methyl sites for hydroxylation is 1. The quantitative estimate of drug-likeness (QED) is 0.763. The maximum absolute atomic E-state index is 11.5. The van der Waals surface area contributed by atoms with Crippen LogP contribution in [0.5, 0.6) is 0 Å². The zero-order chi connectivity index (χ0) is 12.7. The Hall–Kier alpha value is -1.61. The number of nitrogens with one attached hydrogen (secondary N) is 1. The molecule has 0 spiro atoms. The summed E-state index contributed by atoms with van der Waals surface area (Å²) < 4.78 is 0. The molecule has 0 unspecified atom stereocenters. The van der Waals surface area contributed by atoms with Crippen LogP contribution in [0.2, 0.25) is 0 Å². The standard InChI is InChI=1S/C14H19NO2/c1-3-13(10-16)15-14(17)9-8-12-7-5-4-6-11(12)2/h4-9,13,16H,3,10H2,1-2H3,(H,15,17)/b9-8+/t13-/m1/s1. The van der Waals surface area contributed by atoms with Crippen LogP contribution in [0.1, 0.15) is 24.5 Å². The molecule has 1 rings (SSSR count). The molecule has 3 nitrogen and oxygen atoms in total. The number of rotatable bonds is 5. The molecule has 0 fully saturated rings. The average Bonchev–Trinajstić information content (AvgIpc) is 2.35. The number of carbonyl (C=O) groups is 1. The number of benzene rings is 1. The van der Waals surface area contributed by atoms with E-state index in [9.17, 15) is 4.79 Å². The molecule has 0 heterocycles. The third-order valence-corrected chi connectivity index (χ3v) is 2.66.